The van der Waals surface area contributed by atoms with Crippen molar-refractivity contribution >= 4 is 5.96 Å². The van der Waals surface area contributed by atoms with Gasteiger partial charge in [0.2, 0.25) is 0 Å². The highest BCUT2D eigenvalue weighted by Gasteiger charge is 2.02. The van der Waals surface area contributed by atoms with Crippen LogP contribution in [0.15, 0.2) is 29.3 Å². The van der Waals surface area contributed by atoms with Gasteiger partial charge in [0, 0.05) is 19.6 Å². The van der Waals surface area contributed by atoms with Crippen LogP contribution in [-0.2, 0) is 6.42 Å². The molecule has 0 spiro atoms. The molecular formula is C16H26FN3. The van der Waals surface area contributed by atoms with Crippen LogP contribution in [0.25, 0.3) is 0 Å². The van der Waals surface area contributed by atoms with Gasteiger partial charge in [-0.15, -0.1) is 0 Å². The Morgan fingerprint density at radius 2 is 2.00 bits per heavy atom. The van der Waals surface area contributed by atoms with Gasteiger partial charge >= 0.3 is 0 Å². The van der Waals surface area contributed by atoms with Gasteiger partial charge < -0.3 is 10.6 Å². The smallest absolute Gasteiger partial charge is 0.191 e. The van der Waals surface area contributed by atoms with Gasteiger partial charge in [-0.25, -0.2) is 4.39 Å². The molecule has 1 aromatic carbocycles. The molecule has 0 unspecified atom stereocenters. The summed E-state index contributed by atoms with van der Waals surface area (Å²) in [5, 5.41) is 6.44. The van der Waals surface area contributed by atoms with Crippen LogP contribution in [0.1, 0.15) is 32.8 Å². The molecule has 4 heteroatoms. The first-order valence-electron chi connectivity index (χ1n) is 7.39. The first-order chi connectivity index (χ1) is 9.63. The molecule has 0 aliphatic rings. The second-order valence-electron chi connectivity index (χ2n) is 5.21. The van der Waals surface area contributed by atoms with E-state index >= 15 is 0 Å². The van der Waals surface area contributed by atoms with E-state index < -0.39 is 0 Å². The summed E-state index contributed by atoms with van der Waals surface area (Å²) in [6, 6.07) is 6.89. The Kier molecular flexibility index (Phi) is 7.70. The van der Waals surface area contributed by atoms with Crippen molar-refractivity contribution in [3.63, 3.8) is 0 Å². The summed E-state index contributed by atoms with van der Waals surface area (Å²) in [6.07, 6.45) is 1.73. The first-order valence-corrected chi connectivity index (χ1v) is 7.39. The summed E-state index contributed by atoms with van der Waals surface area (Å²) in [6.45, 7) is 8.73. The van der Waals surface area contributed by atoms with Crippen molar-refractivity contribution in [1.29, 1.82) is 0 Å². The van der Waals surface area contributed by atoms with E-state index in [4.69, 9.17) is 0 Å². The second kappa shape index (κ2) is 9.34. The van der Waals surface area contributed by atoms with Crippen molar-refractivity contribution in [1.82, 2.24) is 10.6 Å². The highest BCUT2D eigenvalue weighted by Crippen LogP contribution is 2.06. The SMILES string of the molecule is CCNC(=NCCC(C)C)NCCc1ccccc1F. The highest BCUT2D eigenvalue weighted by atomic mass is 19.1. The van der Waals surface area contributed by atoms with Gasteiger partial charge in [0.1, 0.15) is 5.82 Å². The Morgan fingerprint density at radius 1 is 1.25 bits per heavy atom. The van der Waals surface area contributed by atoms with E-state index in [0.29, 0.717) is 18.9 Å². The van der Waals surface area contributed by atoms with Gasteiger partial charge in [-0.05, 0) is 37.3 Å². The average Bonchev–Trinajstić information content (AvgIpc) is 2.40. The Hall–Kier alpha value is -1.58. The van der Waals surface area contributed by atoms with Crippen LogP contribution in [0.5, 0.6) is 0 Å². The van der Waals surface area contributed by atoms with Gasteiger partial charge in [0.05, 0.1) is 0 Å². The number of halogens is 1. The molecule has 112 valence electrons. The largest absolute Gasteiger partial charge is 0.357 e. The maximum Gasteiger partial charge on any atom is 0.191 e. The van der Waals surface area contributed by atoms with E-state index in [9.17, 15) is 4.39 Å². The summed E-state index contributed by atoms with van der Waals surface area (Å²) in [4.78, 5) is 4.51. The maximum absolute atomic E-state index is 13.5. The number of nitrogens with one attached hydrogen (secondary N) is 2. The molecule has 0 bridgehead atoms. The third-order valence-corrected chi connectivity index (χ3v) is 2.97. The minimum Gasteiger partial charge on any atom is -0.357 e. The van der Waals surface area contributed by atoms with Gasteiger partial charge in [-0.1, -0.05) is 32.0 Å². The second-order valence-corrected chi connectivity index (χ2v) is 5.21. The minimum absolute atomic E-state index is 0.143. The number of hydrogen-bond donors (Lipinski definition) is 2. The van der Waals surface area contributed by atoms with Gasteiger partial charge in [0.15, 0.2) is 5.96 Å². The fraction of sp³-hybridized carbons (Fsp3) is 0.562. The molecule has 0 saturated carbocycles. The predicted molar refractivity (Wildman–Crippen MR) is 83.5 cm³/mol. The predicted octanol–water partition coefficient (Wildman–Crippen LogP) is 2.97. The van der Waals surface area contributed by atoms with Gasteiger partial charge in [0.25, 0.3) is 0 Å². The fourth-order valence-corrected chi connectivity index (χ4v) is 1.79. The van der Waals surface area contributed by atoms with Crippen LogP contribution in [0.4, 0.5) is 4.39 Å². The number of benzene rings is 1. The Bertz CT molecular complexity index is 416. The fourth-order valence-electron chi connectivity index (χ4n) is 1.79. The van der Waals surface area contributed by atoms with E-state index in [-0.39, 0.29) is 5.82 Å². The maximum atomic E-state index is 13.5. The lowest BCUT2D eigenvalue weighted by Gasteiger charge is -2.12. The summed E-state index contributed by atoms with van der Waals surface area (Å²) in [5.74, 6) is 1.32. The minimum atomic E-state index is -0.143. The zero-order chi connectivity index (χ0) is 14.8. The molecular weight excluding hydrogens is 253 g/mol. The molecule has 1 aromatic rings. The third kappa shape index (κ3) is 6.55. The van der Waals surface area contributed by atoms with Crippen molar-refractivity contribution in [2.75, 3.05) is 19.6 Å². The summed E-state index contributed by atoms with van der Waals surface area (Å²) < 4.78 is 13.5. The molecule has 1 rings (SSSR count). The summed E-state index contributed by atoms with van der Waals surface area (Å²) in [5.41, 5.74) is 0.734. The third-order valence-electron chi connectivity index (χ3n) is 2.97. The lowest BCUT2D eigenvalue weighted by atomic mass is 10.1. The monoisotopic (exact) mass is 279 g/mol. The van der Waals surface area contributed by atoms with Crippen LogP contribution in [-0.4, -0.2) is 25.6 Å². The number of guanidine groups is 1. The zero-order valence-corrected chi connectivity index (χ0v) is 12.7. The van der Waals surface area contributed by atoms with Crippen molar-refractivity contribution in [3.8, 4) is 0 Å². The standard InChI is InChI=1S/C16H26FN3/c1-4-18-16(19-11-9-13(2)3)20-12-10-14-7-5-6-8-15(14)17/h5-8,13H,4,9-12H2,1-3H3,(H2,18,19,20). The van der Waals surface area contributed by atoms with E-state index in [1.165, 1.54) is 6.07 Å². The van der Waals surface area contributed by atoms with Crippen molar-refractivity contribution < 1.29 is 4.39 Å². The number of rotatable bonds is 7. The Morgan fingerprint density at radius 3 is 2.65 bits per heavy atom. The molecule has 20 heavy (non-hydrogen) atoms. The molecule has 0 fully saturated rings. The number of nitrogens with zero attached hydrogens (tertiary/aromatic N) is 1. The van der Waals surface area contributed by atoms with E-state index in [2.05, 4.69) is 29.5 Å². The molecule has 0 radical (unpaired) electrons. The van der Waals surface area contributed by atoms with E-state index in [1.807, 2.05) is 19.1 Å². The molecule has 0 aromatic heterocycles. The molecule has 0 amide bonds. The van der Waals surface area contributed by atoms with Crippen molar-refractivity contribution in [2.45, 2.75) is 33.6 Å². The van der Waals surface area contributed by atoms with Crippen molar-refractivity contribution in [3.05, 3.63) is 35.6 Å². The van der Waals surface area contributed by atoms with Crippen LogP contribution in [0.3, 0.4) is 0 Å². The first kappa shape index (κ1) is 16.5. The highest BCUT2D eigenvalue weighted by molar-refractivity contribution is 5.79. The van der Waals surface area contributed by atoms with Crippen molar-refractivity contribution in [2.24, 2.45) is 10.9 Å². The Labute approximate surface area is 121 Å². The molecule has 0 aliphatic carbocycles. The number of aliphatic imine (C=N–C) groups is 1. The topological polar surface area (TPSA) is 36.4 Å². The molecule has 0 aliphatic heterocycles. The quantitative estimate of drug-likeness (QED) is 0.594. The summed E-state index contributed by atoms with van der Waals surface area (Å²) in [7, 11) is 0. The Balaban J connectivity index is 2.40. The molecule has 0 heterocycles. The average molecular weight is 279 g/mol. The normalized spacial score (nSPS) is 11.8. The van der Waals surface area contributed by atoms with E-state index in [1.54, 1.807) is 6.07 Å². The molecule has 3 nitrogen and oxygen atoms in total. The van der Waals surface area contributed by atoms with Crippen LogP contribution in [0, 0.1) is 11.7 Å². The molecule has 0 atom stereocenters. The van der Waals surface area contributed by atoms with Crippen LogP contribution in [0.2, 0.25) is 0 Å². The summed E-state index contributed by atoms with van der Waals surface area (Å²) >= 11 is 0. The lowest BCUT2D eigenvalue weighted by molar-refractivity contribution is 0.593. The number of hydrogen-bond acceptors (Lipinski definition) is 1. The molecule has 2 N–H and O–H groups in total. The van der Waals surface area contributed by atoms with Gasteiger partial charge in [-0.2, -0.15) is 0 Å². The van der Waals surface area contributed by atoms with Gasteiger partial charge in [-0.3, -0.25) is 4.99 Å². The zero-order valence-electron chi connectivity index (χ0n) is 12.7. The van der Waals surface area contributed by atoms with Crippen LogP contribution >= 0.6 is 0 Å². The molecule has 0 saturated heterocycles. The van der Waals surface area contributed by atoms with E-state index in [0.717, 1.165) is 31.0 Å². The lowest BCUT2D eigenvalue weighted by Crippen LogP contribution is -2.38. The van der Waals surface area contributed by atoms with Crippen LogP contribution < -0.4 is 10.6 Å².